The van der Waals surface area contributed by atoms with Crippen molar-refractivity contribution in [1.82, 2.24) is 24.6 Å². The molecule has 0 amide bonds. The minimum Gasteiger partial charge on any atom is -1.00 e. The van der Waals surface area contributed by atoms with Gasteiger partial charge in [-0.15, -0.1) is 0 Å². The number of pyridine rings is 1. The van der Waals surface area contributed by atoms with Crippen LogP contribution in [-0.4, -0.2) is 65.0 Å². The van der Waals surface area contributed by atoms with Gasteiger partial charge in [-0.2, -0.15) is 0 Å². The molecule has 55 heavy (non-hydrogen) atoms. The van der Waals surface area contributed by atoms with Crippen LogP contribution in [0.5, 0.6) is 0 Å². The van der Waals surface area contributed by atoms with E-state index in [4.69, 9.17) is 10.1 Å². The van der Waals surface area contributed by atoms with E-state index in [-0.39, 0.29) is 66.0 Å². The van der Waals surface area contributed by atoms with Crippen molar-refractivity contribution in [2.45, 2.75) is 36.5 Å². The fourth-order valence-electron chi connectivity index (χ4n) is 7.94. The zero-order valence-electron chi connectivity index (χ0n) is 30.8. The maximum atomic E-state index is 9.87. The van der Waals surface area contributed by atoms with E-state index in [2.05, 4.69) is 187 Å². The van der Waals surface area contributed by atoms with E-state index >= 15 is 0 Å². The number of aliphatic hydroxyl groups is 1. The van der Waals surface area contributed by atoms with Gasteiger partial charge in [-0.3, -0.25) is 24.6 Å². The molecule has 0 bridgehead atoms. The quantitative estimate of drug-likeness (QED) is 0.107. The summed E-state index contributed by atoms with van der Waals surface area (Å²) >= 11 is 0. The number of halogens is 7. The van der Waals surface area contributed by atoms with Gasteiger partial charge in [0.25, 0.3) is 0 Å². The molecule has 7 rings (SSSR count). The molecule has 1 aromatic heterocycles. The molecule has 0 saturated carbocycles. The Balaban J connectivity index is 0.000000668. The third-order valence-electron chi connectivity index (χ3n) is 9.78. The molecule has 2 fully saturated rings. The Labute approximate surface area is 335 Å². The molecule has 1 N–H and O–H groups in total. The third kappa shape index (κ3) is 11.4. The van der Waals surface area contributed by atoms with Crippen LogP contribution >= 0.6 is 7.81 Å². The van der Waals surface area contributed by atoms with Gasteiger partial charge in [0.05, 0.1) is 35.6 Å². The molecule has 15 heteroatoms. The Morgan fingerprint density at radius 1 is 0.418 bits per heavy atom. The smallest absolute Gasteiger partial charge is 1.00 e. The van der Waals surface area contributed by atoms with Crippen molar-refractivity contribution in [2.75, 3.05) is 35.3 Å². The minimum absolute atomic E-state index is 0. The van der Waals surface area contributed by atoms with E-state index < -0.39 is 7.81 Å². The summed E-state index contributed by atoms with van der Waals surface area (Å²) in [7, 11) is -0.654. The van der Waals surface area contributed by atoms with Crippen LogP contribution in [0.4, 0.5) is 25.2 Å². The molecule has 0 aliphatic carbocycles. The van der Waals surface area contributed by atoms with Gasteiger partial charge in [0.2, 0.25) is 0 Å². The molecule has 0 spiro atoms. The van der Waals surface area contributed by atoms with Crippen molar-refractivity contribution < 1.29 is 59.8 Å². The van der Waals surface area contributed by atoms with Crippen LogP contribution in [0, 0.1) is 0 Å². The van der Waals surface area contributed by atoms with E-state index in [0.29, 0.717) is 0 Å². The molecule has 2 aliphatic rings. The molecule has 4 aromatic carbocycles. The maximum Gasteiger partial charge on any atom is 2.00 e. The summed E-state index contributed by atoms with van der Waals surface area (Å²) < 4.78 is 59.2. The van der Waals surface area contributed by atoms with Crippen molar-refractivity contribution >= 4 is 7.81 Å². The number of rotatable bonds is 6. The molecule has 6 nitrogen and oxygen atoms in total. The predicted molar refractivity (Wildman–Crippen MR) is 199 cm³/mol. The van der Waals surface area contributed by atoms with Gasteiger partial charge in [0.1, 0.15) is 12.3 Å². The number of aromatic nitrogens is 1. The van der Waals surface area contributed by atoms with E-state index in [1.165, 1.54) is 22.3 Å². The van der Waals surface area contributed by atoms with Crippen LogP contribution in [0.1, 0.15) is 70.1 Å². The Kier molecular flexibility index (Phi) is 14.9. The Morgan fingerprint density at radius 2 is 0.618 bits per heavy atom. The van der Waals surface area contributed by atoms with Crippen LogP contribution in [0.3, 0.4) is 0 Å². The Bertz CT molecular complexity index is 1690. The molecule has 2 saturated heterocycles. The second-order valence-corrected chi connectivity index (χ2v) is 15.2. The molecule has 1 radical (unpaired) electrons. The molecule has 2 aliphatic heterocycles. The van der Waals surface area contributed by atoms with Gasteiger partial charge in [-0.05, 0) is 62.6 Å². The van der Waals surface area contributed by atoms with Crippen LogP contribution in [0.15, 0.2) is 140 Å². The van der Waals surface area contributed by atoms with Gasteiger partial charge in [0.15, 0.2) is 0 Å². The minimum atomic E-state index is -10.7. The van der Waals surface area contributed by atoms with Crippen molar-refractivity contribution in [3.8, 4) is 0 Å². The Hall–Kier alpha value is -3.35. The number of hydrogen-bond acceptors (Lipinski definition) is 6. The van der Waals surface area contributed by atoms with Crippen molar-refractivity contribution in [1.29, 1.82) is 0 Å². The largest absolute Gasteiger partial charge is 2.00 e. The van der Waals surface area contributed by atoms with Crippen LogP contribution in [-0.2, 0) is 17.1 Å². The molecule has 301 valence electrons. The monoisotopic (exact) mass is 854 g/mol. The topological polar surface area (TPSA) is 46.1 Å². The maximum absolute atomic E-state index is 10.7. The van der Waals surface area contributed by atoms with Gasteiger partial charge >= 0.3 is 50.1 Å². The number of hydrogen-bond donors (Lipinski definition) is 1. The Morgan fingerprint density at radius 3 is 0.818 bits per heavy atom. The van der Waals surface area contributed by atoms with Gasteiger partial charge in [0, 0.05) is 7.11 Å². The second kappa shape index (κ2) is 17.8. The van der Waals surface area contributed by atoms with Gasteiger partial charge in [-0.25, -0.2) is 0 Å². The first kappa shape index (κ1) is 46.0. The zero-order valence-corrected chi connectivity index (χ0v) is 33.4. The summed E-state index contributed by atoms with van der Waals surface area (Å²) in [5.74, 6) is 0. The van der Waals surface area contributed by atoms with Crippen LogP contribution in [0.2, 0.25) is 0 Å². The zero-order chi connectivity index (χ0) is 38.6. The van der Waals surface area contributed by atoms with Crippen molar-refractivity contribution in [3.63, 3.8) is 0 Å². The summed E-state index contributed by atoms with van der Waals surface area (Å²) in [6, 6.07) is 51.0. The van der Waals surface area contributed by atoms with Crippen LogP contribution in [0.25, 0.3) is 0 Å². The summed E-state index contributed by atoms with van der Waals surface area (Å²) in [6.45, 7) is 0. The van der Waals surface area contributed by atoms with E-state index in [0.717, 1.165) is 18.5 Å². The number of aliphatic hydroxyl groups excluding tert-OH is 1. The summed E-state index contributed by atoms with van der Waals surface area (Å²) in [6.07, 6.45) is 0.0504. The average molecular weight is 856 g/mol. The van der Waals surface area contributed by atoms with Gasteiger partial charge in [-0.1, -0.05) is 127 Å². The van der Waals surface area contributed by atoms with E-state index in [1.54, 1.807) is 0 Å². The first-order valence-corrected chi connectivity index (χ1v) is 19.1. The summed E-state index contributed by atoms with van der Waals surface area (Å²) in [4.78, 5) is 15.5. The SMILES string of the molecule is CN1C(c2cccc(C3N(C)[C@H](c4ccccc4)[C@@H](c4ccccc4)N3C)n2)N(C)[C@H](c2ccccc2)[C@H]1c1ccccc1.CO.F[P-](F)(F)(F)(F)F.[Cl-].[Cu+2]. The third-order valence-corrected chi connectivity index (χ3v) is 9.78. The molecule has 0 unspecified atom stereocenters. The summed E-state index contributed by atoms with van der Waals surface area (Å²) in [5.41, 5.74) is 7.44. The average Bonchev–Trinajstić information content (AvgIpc) is 3.56. The molecular formula is C40H45ClCuF6N5OP. The second-order valence-electron chi connectivity index (χ2n) is 13.3. The van der Waals surface area contributed by atoms with Gasteiger partial charge < -0.3 is 17.5 Å². The predicted octanol–water partition coefficient (Wildman–Crippen LogP) is 7.79. The first-order chi connectivity index (χ1) is 25.0. The number of benzene rings is 4. The summed E-state index contributed by atoms with van der Waals surface area (Å²) in [5, 5.41) is 7.00. The van der Waals surface area contributed by atoms with E-state index in [9.17, 15) is 25.2 Å². The number of nitrogens with zero attached hydrogens (tertiary/aromatic N) is 5. The molecule has 5 aromatic rings. The van der Waals surface area contributed by atoms with Crippen molar-refractivity contribution in [2.24, 2.45) is 0 Å². The van der Waals surface area contributed by atoms with Crippen molar-refractivity contribution in [3.05, 3.63) is 173 Å². The molecule has 4 atom stereocenters. The first-order valence-electron chi connectivity index (χ1n) is 17.0. The van der Waals surface area contributed by atoms with E-state index in [1.807, 2.05) is 0 Å². The molecular weight excluding hydrogens is 810 g/mol. The fraction of sp³-hybridized carbons (Fsp3) is 0.275. The van der Waals surface area contributed by atoms with Crippen LogP contribution < -0.4 is 12.4 Å². The molecule has 3 heterocycles. The fourth-order valence-corrected chi connectivity index (χ4v) is 7.94. The standard InChI is InChI=1S/C39H41N5.CH4O.ClH.Cu.F6P/c1-41-34(28-18-9-5-10-19-28)35(29-20-11-6-12-21-29)42(2)38(41)32-26-17-27-33(40-32)39-43(3)36(30-22-13-7-14-23-30)37(44(39)4)31-24-15-8-16-25-31;1-2;;;1-7(2,3,4,5)6/h5-27,34-39H,1-4H3;2H,1H3;1H;;/q;;;+2;-1/p-1/t34-,35-,36-,37-;;;;/m1..../s1. The normalized spacial score (nSPS) is 22.5. The number of likely N-dealkylation sites (N-methyl/N-ethyl adjacent to an activating group) is 4.